The SMILES string of the molecule is CS(=O)(=O)N1CCC(c2noc(CNC(=O)Cc3c[nH]c4ccccc34)n2)CC1. The number of para-hydroxylation sites is 1. The maximum Gasteiger partial charge on any atom is 0.246 e. The van der Waals surface area contributed by atoms with E-state index >= 15 is 0 Å². The van der Waals surface area contributed by atoms with E-state index in [1.165, 1.54) is 10.6 Å². The van der Waals surface area contributed by atoms with Crippen LogP contribution in [0.15, 0.2) is 35.0 Å². The predicted molar refractivity (Wildman–Crippen MR) is 107 cm³/mol. The van der Waals surface area contributed by atoms with E-state index in [1.807, 2.05) is 30.5 Å². The Balaban J connectivity index is 1.30. The number of nitrogens with zero attached hydrogens (tertiary/aromatic N) is 3. The number of benzene rings is 1. The first kappa shape index (κ1) is 19.6. The third kappa shape index (κ3) is 4.48. The van der Waals surface area contributed by atoms with Gasteiger partial charge in [-0.05, 0) is 24.5 Å². The van der Waals surface area contributed by atoms with Crippen molar-refractivity contribution in [3.8, 4) is 0 Å². The van der Waals surface area contributed by atoms with E-state index in [9.17, 15) is 13.2 Å². The van der Waals surface area contributed by atoms with Crippen molar-refractivity contribution in [1.29, 1.82) is 0 Å². The second-order valence-corrected chi connectivity index (χ2v) is 9.28. The Morgan fingerprint density at radius 2 is 2.07 bits per heavy atom. The van der Waals surface area contributed by atoms with Crippen LogP contribution in [0.2, 0.25) is 0 Å². The number of H-pyrrole nitrogens is 1. The van der Waals surface area contributed by atoms with E-state index in [-0.39, 0.29) is 24.8 Å². The highest BCUT2D eigenvalue weighted by Crippen LogP contribution is 2.27. The molecule has 0 radical (unpaired) electrons. The molecule has 1 fully saturated rings. The number of nitrogens with one attached hydrogen (secondary N) is 2. The van der Waals surface area contributed by atoms with Gasteiger partial charge in [-0.1, -0.05) is 23.4 Å². The van der Waals surface area contributed by atoms with Crippen molar-refractivity contribution in [1.82, 2.24) is 24.7 Å². The average molecular weight is 417 g/mol. The topological polar surface area (TPSA) is 121 Å². The molecule has 0 atom stereocenters. The fourth-order valence-electron chi connectivity index (χ4n) is 3.64. The molecule has 9 nitrogen and oxygen atoms in total. The number of piperidine rings is 1. The van der Waals surface area contributed by atoms with E-state index in [2.05, 4.69) is 20.4 Å². The minimum absolute atomic E-state index is 0.0624. The van der Waals surface area contributed by atoms with Gasteiger partial charge in [0.1, 0.15) is 0 Å². The molecule has 0 bridgehead atoms. The molecule has 1 amide bonds. The molecular weight excluding hydrogens is 394 g/mol. The first-order valence-corrected chi connectivity index (χ1v) is 11.3. The summed E-state index contributed by atoms with van der Waals surface area (Å²) in [5.74, 6) is 0.847. The molecule has 4 rings (SSSR count). The number of amides is 1. The number of carbonyl (C=O) groups excluding carboxylic acids is 1. The Morgan fingerprint density at radius 3 is 2.83 bits per heavy atom. The lowest BCUT2D eigenvalue weighted by molar-refractivity contribution is -0.120. The van der Waals surface area contributed by atoms with Crippen molar-refractivity contribution >= 4 is 26.8 Å². The van der Waals surface area contributed by atoms with Crippen LogP contribution in [0.5, 0.6) is 0 Å². The third-order valence-electron chi connectivity index (χ3n) is 5.23. The normalized spacial score (nSPS) is 16.3. The molecule has 1 aliphatic heterocycles. The summed E-state index contributed by atoms with van der Waals surface area (Å²) in [5.41, 5.74) is 1.93. The smallest absolute Gasteiger partial charge is 0.246 e. The Labute approximate surface area is 168 Å². The number of fused-ring (bicyclic) bond motifs is 1. The lowest BCUT2D eigenvalue weighted by Crippen LogP contribution is -2.37. The van der Waals surface area contributed by atoms with Crippen LogP contribution in [0.4, 0.5) is 0 Å². The summed E-state index contributed by atoms with van der Waals surface area (Å²) >= 11 is 0. The lowest BCUT2D eigenvalue weighted by Gasteiger charge is -2.28. The van der Waals surface area contributed by atoms with E-state index in [4.69, 9.17) is 4.52 Å². The van der Waals surface area contributed by atoms with Gasteiger partial charge in [-0.15, -0.1) is 0 Å². The van der Waals surface area contributed by atoms with Gasteiger partial charge in [-0.25, -0.2) is 12.7 Å². The van der Waals surface area contributed by atoms with Crippen molar-refractivity contribution in [2.24, 2.45) is 0 Å². The summed E-state index contributed by atoms with van der Waals surface area (Å²) in [7, 11) is -3.16. The first-order valence-electron chi connectivity index (χ1n) is 9.49. The highest BCUT2D eigenvalue weighted by Gasteiger charge is 2.28. The van der Waals surface area contributed by atoms with Gasteiger partial charge < -0.3 is 14.8 Å². The van der Waals surface area contributed by atoms with Crippen molar-refractivity contribution in [3.05, 3.63) is 47.7 Å². The van der Waals surface area contributed by atoms with Crippen molar-refractivity contribution in [2.45, 2.75) is 31.7 Å². The summed E-state index contributed by atoms with van der Waals surface area (Å²) in [6, 6.07) is 7.84. The van der Waals surface area contributed by atoms with Gasteiger partial charge in [0, 0.05) is 36.1 Å². The predicted octanol–water partition coefficient (Wildman–Crippen LogP) is 1.55. The van der Waals surface area contributed by atoms with Crippen molar-refractivity contribution < 1.29 is 17.7 Å². The van der Waals surface area contributed by atoms with Gasteiger partial charge in [0.25, 0.3) is 0 Å². The second-order valence-electron chi connectivity index (χ2n) is 7.30. The molecule has 1 aliphatic rings. The number of rotatable bonds is 6. The molecule has 10 heteroatoms. The van der Waals surface area contributed by atoms with E-state index in [0.29, 0.717) is 37.6 Å². The van der Waals surface area contributed by atoms with Crippen LogP contribution in [-0.4, -0.2) is 53.1 Å². The second kappa shape index (κ2) is 7.96. The molecule has 3 aromatic rings. The van der Waals surface area contributed by atoms with Crippen LogP contribution in [-0.2, 0) is 27.8 Å². The maximum atomic E-state index is 12.3. The number of aromatic nitrogens is 3. The summed E-state index contributed by atoms with van der Waals surface area (Å²) < 4.78 is 29.9. The van der Waals surface area contributed by atoms with E-state index < -0.39 is 10.0 Å². The van der Waals surface area contributed by atoms with Crippen LogP contribution >= 0.6 is 0 Å². The number of sulfonamides is 1. The van der Waals surface area contributed by atoms with Gasteiger partial charge in [0.05, 0.1) is 19.2 Å². The zero-order valence-electron chi connectivity index (χ0n) is 16.1. The highest BCUT2D eigenvalue weighted by atomic mass is 32.2. The Hall–Kier alpha value is -2.72. The molecule has 29 heavy (non-hydrogen) atoms. The molecule has 154 valence electrons. The molecule has 2 aromatic heterocycles. The van der Waals surface area contributed by atoms with Crippen LogP contribution in [0.1, 0.15) is 36.0 Å². The quantitative estimate of drug-likeness (QED) is 0.628. The molecule has 0 aliphatic carbocycles. The molecule has 1 saturated heterocycles. The Bertz CT molecular complexity index is 1110. The zero-order valence-corrected chi connectivity index (χ0v) is 16.9. The fraction of sp³-hybridized carbons (Fsp3) is 0.421. The summed E-state index contributed by atoms with van der Waals surface area (Å²) in [5, 5.41) is 7.85. The minimum Gasteiger partial charge on any atom is -0.361 e. The van der Waals surface area contributed by atoms with E-state index in [0.717, 1.165) is 16.5 Å². The van der Waals surface area contributed by atoms with Crippen LogP contribution < -0.4 is 5.32 Å². The highest BCUT2D eigenvalue weighted by molar-refractivity contribution is 7.88. The number of hydrogen-bond acceptors (Lipinski definition) is 6. The molecule has 1 aromatic carbocycles. The minimum atomic E-state index is -3.16. The zero-order chi connectivity index (χ0) is 20.4. The monoisotopic (exact) mass is 417 g/mol. The Morgan fingerprint density at radius 1 is 1.31 bits per heavy atom. The number of aromatic amines is 1. The fourth-order valence-corrected chi connectivity index (χ4v) is 4.51. The maximum absolute atomic E-state index is 12.3. The van der Waals surface area contributed by atoms with Gasteiger partial charge in [-0.3, -0.25) is 4.79 Å². The van der Waals surface area contributed by atoms with Crippen LogP contribution in [0.3, 0.4) is 0 Å². The van der Waals surface area contributed by atoms with Crippen LogP contribution in [0, 0.1) is 0 Å². The molecule has 0 spiro atoms. The molecule has 3 heterocycles. The summed E-state index contributed by atoms with van der Waals surface area (Å²) in [6.45, 7) is 1.07. The third-order valence-corrected chi connectivity index (χ3v) is 6.54. The summed E-state index contributed by atoms with van der Waals surface area (Å²) in [4.78, 5) is 19.8. The van der Waals surface area contributed by atoms with E-state index in [1.54, 1.807) is 0 Å². The van der Waals surface area contributed by atoms with Crippen molar-refractivity contribution in [3.63, 3.8) is 0 Å². The molecule has 0 unspecified atom stereocenters. The Kier molecular flexibility index (Phi) is 5.37. The largest absolute Gasteiger partial charge is 0.361 e. The number of hydrogen-bond donors (Lipinski definition) is 2. The first-order chi connectivity index (χ1) is 13.9. The van der Waals surface area contributed by atoms with Gasteiger partial charge in [-0.2, -0.15) is 4.98 Å². The van der Waals surface area contributed by atoms with Gasteiger partial charge in [0.15, 0.2) is 5.82 Å². The lowest BCUT2D eigenvalue weighted by atomic mass is 9.98. The van der Waals surface area contributed by atoms with Gasteiger partial charge in [0.2, 0.25) is 21.8 Å². The molecular formula is C19H23N5O4S. The van der Waals surface area contributed by atoms with Crippen molar-refractivity contribution in [2.75, 3.05) is 19.3 Å². The van der Waals surface area contributed by atoms with Crippen LogP contribution in [0.25, 0.3) is 10.9 Å². The molecule has 2 N–H and O–H groups in total. The number of carbonyl (C=O) groups is 1. The standard InChI is InChI=1S/C19H23N5O4S/c1-29(26,27)24-8-6-13(7-9-24)19-22-18(28-23-19)12-21-17(25)10-14-11-20-16-5-3-2-4-15(14)16/h2-5,11,13,20H,6-10,12H2,1H3,(H,21,25). The average Bonchev–Trinajstić information content (AvgIpc) is 3.34. The summed E-state index contributed by atoms with van der Waals surface area (Å²) in [6.07, 6.45) is 4.63. The molecule has 0 saturated carbocycles. The van der Waals surface area contributed by atoms with Gasteiger partial charge >= 0.3 is 0 Å².